The van der Waals surface area contributed by atoms with Crippen LogP contribution >= 0.6 is 0 Å². The van der Waals surface area contributed by atoms with Gasteiger partial charge < -0.3 is 10.3 Å². The summed E-state index contributed by atoms with van der Waals surface area (Å²) in [5.74, 6) is 0.179. The van der Waals surface area contributed by atoms with Gasteiger partial charge in [-0.05, 0) is 57.1 Å². The van der Waals surface area contributed by atoms with Crippen molar-refractivity contribution >= 4 is 22.5 Å². The Balaban J connectivity index is 1.19. The molecule has 5 rings (SSSR count). The highest BCUT2D eigenvalue weighted by Gasteiger charge is 2.25. The van der Waals surface area contributed by atoms with E-state index in [-0.39, 0.29) is 11.8 Å². The Labute approximate surface area is 188 Å². The molecule has 1 fully saturated rings. The SMILES string of the molecule is CCn1cc(CN2CCC(C(=O)Nc3cccc(-c4cc5ccccc5[nH]4)c3)CC2)cn1. The van der Waals surface area contributed by atoms with Gasteiger partial charge in [0.15, 0.2) is 0 Å². The van der Waals surface area contributed by atoms with Crippen LogP contribution < -0.4 is 5.32 Å². The van der Waals surface area contributed by atoms with Gasteiger partial charge in [-0.1, -0.05) is 30.3 Å². The van der Waals surface area contributed by atoms with Crippen molar-refractivity contribution in [2.45, 2.75) is 32.9 Å². The molecule has 1 saturated heterocycles. The summed E-state index contributed by atoms with van der Waals surface area (Å²) in [5, 5.41) is 8.69. The van der Waals surface area contributed by atoms with E-state index < -0.39 is 0 Å². The van der Waals surface area contributed by atoms with Gasteiger partial charge in [-0.3, -0.25) is 14.4 Å². The van der Waals surface area contributed by atoms with Gasteiger partial charge in [-0.25, -0.2) is 0 Å². The lowest BCUT2D eigenvalue weighted by Gasteiger charge is -2.30. The fraction of sp³-hybridized carbons (Fsp3) is 0.308. The van der Waals surface area contributed by atoms with E-state index in [1.807, 2.05) is 41.2 Å². The number of aromatic amines is 1. The maximum absolute atomic E-state index is 12.9. The minimum atomic E-state index is 0.0568. The van der Waals surface area contributed by atoms with Gasteiger partial charge in [0.1, 0.15) is 0 Å². The molecule has 0 unspecified atom stereocenters. The molecular weight excluding hydrogens is 398 g/mol. The number of aromatic nitrogens is 3. The van der Waals surface area contributed by atoms with Crippen LogP contribution in [-0.4, -0.2) is 38.7 Å². The molecule has 0 aliphatic carbocycles. The van der Waals surface area contributed by atoms with Crippen LogP contribution in [0.5, 0.6) is 0 Å². The van der Waals surface area contributed by atoms with Gasteiger partial charge in [0.25, 0.3) is 0 Å². The van der Waals surface area contributed by atoms with Crippen LogP contribution in [0.2, 0.25) is 0 Å². The number of likely N-dealkylation sites (tertiary alicyclic amines) is 1. The first-order valence-corrected chi connectivity index (χ1v) is 11.4. The Kier molecular flexibility index (Phi) is 5.77. The summed E-state index contributed by atoms with van der Waals surface area (Å²) in [7, 11) is 0. The van der Waals surface area contributed by atoms with Crippen LogP contribution in [0.25, 0.3) is 22.2 Å². The Morgan fingerprint density at radius 1 is 1.12 bits per heavy atom. The molecule has 0 saturated carbocycles. The van der Waals surface area contributed by atoms with Gasteiger partial charge in [-0.15, -0.1) is 0 Å². The quantitative estimate of drug-likeness (QED) is 0.460. The van der Waals surface area contributed by atoms with Crippen molar-refractivity contribution in [3.8, 4) is 11.3 Å². The molecule has 2 N–H and O–H groups in total. The third-order valence-electron chi connectivity index (χ3n) is 6.35. The van der Waals surface area contributed by atoms with E-state index in [0.29, 0.717) is 0 Å². The van der Waals surface area contributed by atoms with Crippen LogP contribution in [0, 0.1) is 5.92 Å². The maximum Gasteiger partial charge on any atom is 0.227 e. The molecule has 6 heteroatoms. The number of H-pyrrole nitrogens is 1. The normalized spacial score (nSPS) is 15.3. The molecule has 2 aromatic carbocycles. The second kappa shape index (κ2) is 9.01. The van der Waals surface area contributed by atoms with Gasteiger partial charge in [0.05, 0.1) is 6.20 Å². The van der Waals surface area contributed by atoms with E-state index in [1.165, 1.54) is 10.9 Å². The number of nitrogens with one attached hydrogen (secondary N) is 2. The van der Waals surface area contributed by atoms with E-state index >= 15 is 0 Å². The van der Waals surface area contributed by atoms with Crippen molar-refractivity contribution in [3.63, 3.8) is 0 Å². The third-order valence-corrected chi connectivity index (χ3v) is 6.35. The highest BCUT2D eigenvalue weighted by atomic mass is 16.1. The number of amides is 1. The minimum Gasteiger partial charge on any atom is -0.355 e. The van der Waals surface area contributed by atoms with Crippen molar-refractivity contribution in [1.29, 1.82) is 0 Å². The summed E-state index contributed by atoms with van der Waals surface area (Å²) in [4.78, 5) is 18.8. The highest BCUT2D eigenvalue weighted by Crippen LogP contribution is 2.27. The number of carbonyl (C=O) groups is 1. The van der Waals surface area contributed by atoms with Crippen molar-refractivity contribution in [1.82, 2.24) is 19.7 Å². The lowest BCUT2D eigenvalue weighted by molar-refractivity contribution is -0.121. The Morgan fingerprint density at radius 2 is 1.97 bits per heavy atom. The lowest BCUT2D eigenvalue weighted by atomic mass is 9.95. The summed E-state index contributed by atoms with van der Waals surface area (Å²) < 4.78 is 1.96. The largest absolute Gasteiger partial charge is 0.355 e. The number of fused-ring (bicyclic) bond motifs is 1. The fourth-order valence-corrected chi connectivity index (χ4v) is 4.51. The number of para-hydroxylation sites is 1. The summed E-state index contributed by atoms with van der Waals surface area (Å²) in [6.07, 6.45) is 5.83. The number of hydrogen-bond acceptors (Lipinski definition) is 3. The van der Waals surface area contributed by atoms with Crippen molar-refractivity contribution in [2.75, 3.05) is 18.4 Å². The number of carbonyl (C=O) groups excluding carboxylic acids is 1. The Bertz CT molecular complexity index is 1180. The van der Waals surface area contributed by atoms with Crippen LogP contribution in [0.15, 0.2) is 67.0 Å². The smallest absolute Gasteiger partial charge is 0.227 e. The Morgan fingerprint density at radius 3 is 2.75 bits per heavy atom. The van der Waals surface area contributed by atoms with Crippen LogP contribution in [0.1, 0.15) is 25.3 Å². The molecule has 0 bridgehead atoms. The van der Waals surface area contributed by atoms with E-state index in [1.54, 1.807) is 0 Å². The number of rotatable bonds is 6. The molecule has 0 radical (unpaired) electrons. The molecule has 6 nitrogen and oxygen atoms in total. The maximum atomic E-state index is 12.9. The topological polar surface area (TPSA) is 66.0 Å². The molecule has 164 valence electrons. The molecule has 32 heavy (non-hydrogen) atoms. The van der Waals surface area contributed by atoms with Crippen LogP contribution in [0.4, 0.5) is 5.69 Å². The molecule has 1 aliphatic rings. The average molecular weight is 428 g/mol. The number of benzene rings is 2. The highest BCUT2D eigenvalue weighted by molar-refractivity contribution is 5.93. The van der Waals surface area contributed by atoms with Crippen molar-refractivity contribution in [2.24, 2.45) is 5.92 Å². The van der Waals surface area contributed by atoms with Crippen molar-refractivity contribution < 1.29 is 4.79 Å². The molecule has 4 aromatic rings. The van der Waals surface area contributed by atoms with Gasteiger partial charge in [0, 0.05) is 58.6 Å². The number of nitrogens with zero attached hydrogens (tertiary/aromatic N) is 3. The zero-order valence-electron chi connectivity index (χ0n) is 18.4. The van der Waals surface area contributed by atoms with Gasteiger partial charge in [0.2, 0.25) is 5.91 Å². The predicted octanol–water partition coefficient (Wildman–Crippen LogP) is 4.90. The Hall–Kier alpha value is -3.38. The van der Waals surface area contributed by atoms with E-state index in [0.717, 1.165) is 61.5 Å². The van der Waals surface area contributed by atoms with Crippen molar-refractivity contribution in [3.05, 3.63) is 72.6 Å². The molecule has 1 amide bonds. The molecule has 3 heterocycles. The average Bonchev–Trinajstić information content (AvgIpc) is 3.46. The zero-order chi connectivity index (χ0) is 21.9. The van der Waals surface area contributed by atoms with E-state index in [2.05, 4.69) is 57.7 Å². The van der Waals surface area contributed by atoms with Crippen LogP contribution in [-0.2, 0) is 17.9 Å². The second-order valence-electron chi connectivity index (χ2n) is 8.60. The molecule has 0 atom stereocenters. The first-order valence-electron chi connectivity index (χ1n) is 11.4. The number of aryl methyl sites for hydroxylation is 1. The number of anilines is 1. The van der Waals surface area contributed by atoms with Crippen LogP contribution in [0.3, 0.4) is 0 Å². The molecule has 0 spiro atoms. The molecule has 1 aliphatic heterocycles. The monoisotopic (exact) mass is 427 g/mol. The standard InChI is InChI=1S/C26H29N5O/c1-2-31-18-19(16-27-31)17-30-12-10-20(11-13-30)26(32)28-23-8-5-7-21(14-23)25-15-22-6-3-4-9-24(22)29-25/h3-9,14-16,18,20,29H,2,10-13,17H2,1H3,(H,28,32). The zero-order valence-corrected chi connectivity index (χ0v) is 18.4. The summed E-state index contributed by atoms with van der Waals surface area (Å²) in [6.45, 7) is 5.76. The van der Waals surface area contributed by atoms with Gasteiger partial charge >= 0.3 is 0 Å². The fourth-order valence-electron chi connectivity index (χ4n) is 4.51. The van der Waals surface area contributed by atoms with E-state index in [4.69, 9.17) is 0 Å². The van der Waals surface area contributed by atoms with E-state index in [9.17, 15) is 4.79 Å². The van der Waals surface area contributed by atoms with Gasteiger partial charge in [-0.2, -0.15) is 5.10 Å². The summed E-state index contributed by atoms with van der Waals surface area (Å²) in [6, 6.07) is 18.5. The number of hydrogen-bond donors (Lipinski definition) is 2. The first-order chi connectivity index (χ1) is 15.7. The first kappa shape index (κ1) is 20.5. The number of piperidine rings is 1. The lowest BCUT2D eigenvalue weighted by Crippen LogP contribution is -2.37. The molecular formula is C26H29N5O. The second-order valence-corrected chi connectivity index (χ2v) is 8.60. The molecule has 2 aromatic heterocycles. The summed E-state index contributed by atoms with van der Waals surface area (Å²) in [5.41, 5.74) is 5.33. The summed E-state index contributed by atoms with van der Waals surface area (Å²) >= 11 is 0. The predicted molar refractivity (Wildman–Crippen MR) is 128 cm³/mol. The minimum absolute atomic E-state index is 0.0568. The third kappa shape index (κ3) is 4.46.